The Bertz CT molecular complexity index is 1670. The summed E-state index contributed by atoms with van der Waals surface area (Å²) in [6.07, 6.45) is -8.65. The van der Waals surface area contributed by atoms with Crippen molar-refractivity contribution in [2.45, 2.75) is 44.1 Å². The second kappa shape index (κ2) is 10.4. The normalized spacial score (nSPS) is 14.0. The Morgan fingerprint density at radius 1 is 1.10 bits per heavy atom. The van der Waals surface area contributed by atoms with Gasteiger partial charge in [0.1, 0.15) is 21.2 Å². The molecular formula is C25H17BrF7N5O2S. The van der Waals surface area contributed by atoms with Gasteiger partial charge in [-0.15, -0.1) is 11.3 Å². The number of nitrogens with zero attached hydrogens (tertiary/aromatic N) is 3. The summed E-state index contributed by atoms with van der Waals surface area (Å²) in [4.78, 5) is 28.3. The molecule has 0 spiro atoms. The number of anilines is 1. The van der Waals surface area contributed by atoms with E-state index in [0.29, 0.717) is 35.9 Å². The maximum absolute atomic E-state index is 13.6. The van der Waals surface area contributed by atoms with Gasteiger partial charge in [-0.05, 0) is 58.1 Å². The lowest BCUT2D eigenvalue weighted by Gasteiger charge is -2.13. The lowest BCUT2D eigenvalue weighted by molar-refractivity contribution is -0.142. The molecule has 5 rings (SSSR count). The van der Waals surface area contributed by atoms with Crippen LogP contribution >= 0.6 is 27.3 Å². The minimum atomic E-state index is -4.87. The molecule has 3 heterocycles. The number of nitrogens with two attached hydrogens (primary N) is 1. The van der Waals surface area contributed by atoms with Crippen molar-refractivity contribution in [1.29, 1.82) is 0 Å². The summed E-state index contributed by atoms with van der Waals surface area (Å²) < 4.78 is 95.7. The summed E-state index contributed by atoms with van der Waals surface area (Å²) in [6.45, 7) is -0.248. The minimum absolute atomic E-state index is 0.0309. The Labute approximate surface area is 238 Å². The second-order valence-corrected chi connectivity index (χ2v) is 11.0. The Hall–Kier alpha value is -3.53. The summed E-state index contributed by atoms with van der Waals surface area (Å²) in [5.41, 5.74) is 3.22. The van der Waals surface area contributed by atoms with Crippen molar-refractivity contribution in [3.63, 3.8) is 0 Å². The van der Waals surface area contributed by atoms with Gasteiger partial charge in [-0.3, -0.25) is 14.3 Å². The number of alkyl halides is 6. The van der Waals surface area contributed by atoms with Crippen LogP contribution in [-0.2, 0) is 23.7 Å². The molecule has 0 unspecified atom stereocenters. The summed E-state index contributed by atoms with van der Waals surface area (Å²) >= 11 is 3.51. The number of hydrogen-bond donors (Lipinski definition) is 2. The maximum atomic E-state index is 13.6. The van der Waals surface area contributed by atoms with E-state index in [1.807, 2.05) is 0 Å². The molecule has 41 heavy (non-hydrogen) atoms. The highest BCUT2D eigenvalue weighted by atomic mass is 79.9. The first-order valence-electron chi connectivity index (χ1n) is 11.9. The van der Waals surface area contributed by atoms with Crippen LogP contribution in [0.25, 0.3) is 21.3 Å². The molecule has 16 heteroatoms. The number of benzene rings is 1. The van der Waals surface area contributed by atoms with Gasteiger partial charge in [-0.25, -0.2) is 9.37 Å². The van der Waals surface area contributed by atoms with Gasteiger partial charge in [0.05, 0.1) is 22.4 Å². The molecule has 0 saturated heterocycles. The van der Waals surface area contributed by atoms with Crippen molar-refractivity contribution >= 4 is 55.0 Å². The molecule has 4 aromatic rings. The molecule has 0 atom stereocenters. The number of aromatic nitrogens is 3. The van der Waals surface area contributed by atoms with E-state index in [9.17, 15) is 40.3 Å². The number of hydrogen-bond acceptors (Lipinski definition) is 5. The van der Waals surface area contributed by atoms with Crippen LogP contribution in [-0.4, -0.2) is 26.6 Å². The molecule has 1 aliphatic carbocycles. The molecule has 3 N–H and O–H groups in total. The molecule has 1 fully saturated rings. The van der Waals surface area contributed by atoms with Crippen LogP contribution in [0.3, 0.4) is 0 Å². The Morgan fingerprint density at radius 2 is 1.76 bits per heavy atom. The van der Waals surface area contributed by atoms with E-state index in [1.54, 1.807) is 0 Å². The van der Waals surface area contributed by atoms with Gasteiger partial charge in [0.15, 0.2) is 5.69 Å². The zero-order chi connectivity index (χ0) is 29.9. The topological polar surface area (TPSA) is 103 Å². The van der Waals surface area contributed by atoms with Crippen LogP contribution in [0, 0.1) is 5.82 Å². The van der Waals surface area contributed by atoms with Crippen molar-refractivity contribution < 1.29 is 40.3 Å². The fraction of sp³-hybridized carbons (Fsp3) is 0.280. The first-order chi connectivity index (χ1) is 19.1. The van der Waals surface area contributed by atoms with Gasteiger partial charge in [0.25, 0.3) is 5.91 Å². The number of carbonyl (C=O) groups excluding carboxylic acids is 2. The van der Waals surface area contributed by atoms with Crippen LogP contribution in [0.4, 0.5) is 36.4 Å². The van der Waals surface area contributed by atoms with E-state index in [2.05, 4.69) is 31.3 Å². The standard InChI is InChI=1S/C25H17BrF7N5O2S/c26-17-19(11-1-2-11)38(37-21(17)25(31,32)33)8-7-15(39)36-18-16-13(10-3-5-12(27)6-4-10)9-14(24(28,29)30)35-23(16)41-20(18)22(34)40/h3-6,9,11H,1-2,7-8H2,(H2,34,40)(H,36,39). The summed E-state index contributed by atoms with van der Waals surface area (Å²) in [5.74, 6) is -2.61. The minimum Gasteiger partial charge on any atom is -0.365 e. The number of carbonyl (C=O) groups is 2. The number of rotatable bonds is 7. The second-order valence-electron chi connectivity index (χ2n) is 9.25. The van der Waals surface area contributed by atoms with Gasteiger partial charge in [0.2, 0.25) is 5.91 Å². The number of thiophene rings is 1. The van der Waals surface area contributed by atoms with Crippen molar-refractivity contribution in [2.24, 2.45) is 5.73 Å². The monoisotopic (exact) mass is 663 g/mol. The maximum Gasteiger partial charge on any atom is 0.436 e. The predicted molar refractivity (Wildman–Crippen MR) is 139 cm³/mol. The first kappa shape index (κ1) is 29.0. The van der Waals surface area contributed by atoms with E-state index < -0.39 is 41.4 Å². The fourth-order valence-corrected chi connectivity index (χ4v) is 6.19. The van der Waals surface area contributed by atoms with Crippen molar-refractivity contribution in [3.8, 4) is 11.1 Å². The first-order valence-corrected chi connectivity index (χ1v) is 13.5. The van der Waals surface area contributed by atoms with E-state index >= 15 is 0 Å². The number of amides is 2. The van der Waals surface area contributed by atoms with E-state index in [-0.39, 0.29) is 55.3 Å². The molecule has 1 saturated carbocycles. The number of pyridine rings is 1. The Morgan fingerprint density at radius 3 is 2.32 bits per heavy atom. The van der Waals surface area contributed by atoms with E-state index in [1.165, 1.54) is 12.1 Å². The highest BCUT2D eigenvalue weighted by Gasteiger charge is 2.42. The third kappa shape index (κ3) is 5.80. The molecule has 7 nitrogen and oxygen atoms in total. The molecule has 216 valence electrons. The summed E-state index contributed by atoms with van der Waals surface area (Å²) in [5, 5.41) is 6.10. The third-order valence-electron chi connectivity index (χ3n) is 6.31. The van der Waals surface area contributed by atoms with Gasteiger partial charge < -0.3 is 11.1 Å². The molecule has 1 aromatic carbocycles. The Kier molecular flexibility index (Phi) is 7.34. The fourth-order valence-electron chi connectivity index (χ4n) is 4.35. The number of primary amides is 1. The zero-order valence-electron chi connectivity index (χ0n) is 20.5. The van der Waals surface area contributed by atoms with Crippen LogP contribution in [0.15, 0.2) is 34.8 Å². The SMILES string of the molecule is NC(=O)c1sc2nc(C(F)(F)F)cc(-c3ccc(F)cc3)c2c1NC(=O)CCn1nc(C(F)(F)F)c(Br)c1C1CC1. The molecule has 3 aromatic heterocycles. The quantitative estimate of drug-likeness (QED) is 0.206. The van der Waals surface area contributed by atoms with E-state index in [0.717, 1.165) is 16.8 Å². The highest BCUT2D eigenvalue weighted by Crippen LogP contribution is 2.47. The van der Waals surface area contributed by atoms with Gasteiger partial charge in [-0.2, -0.15) is 31.4 Å². The molecular weight excluding hydrogens is 647 g/mol. The lowest BCUT2D eigenvalue weighted by atomic mass is 10.0. The molecule has 0 bridgehead atoms. The van der Waals surface area contributed by atoms with Gasteiger partial charge >= 0.3 is 12.4 Å². The Balaban J connectivity index is 1.53. The van der Waals surface area contributed by atoms with Crippen molar-refractivity contribution in [1.82, 2.24) is 14.8 Å². The van der Waals surface area contributed by atoms with Gasteiger partial charge in [-0.1, -0.05) is 12.1 Å². The number of halogens is 8. The largest absolute Gasteiger partial charge is 0.436 e. The smallest absolute Gasteiger partial charge is 0.365 e. The molecule has 0 aliphatic heterocycles. The number of nitrogens with one attached hydrogen (secondary N) is 1. The van der Waals surface area contributed by atoms with Crippen LogP contribution in [0.2, 0.25) is 0 Å². The van der Waals surface area contributed by atoms with Crippen LogP contribution < -0.4 is 11.1 Å². The molecule has 1 aliphatic rings. The zero-order valence-corrected chi connectivity index (χ0v) is 22.9. The number of fused-ring (bicyclic) bond motifs is 1. The lowest BCUT2D eigenvalue weighted by Crippen LogP contribution is -2.19. The number of aryl methyl sites for hydroxylation is 1. The molecule has 0 radical (unpaired) electrons. The van der Waals surface area contributed by atoms with Crippen LogP contribution in [0.1, 0.15) is 51.9 Å². The van der Waals surface area contributed by atoms with E-state index in [4.69, 9.17) is 5.73 Å². The summed E-state index contributed by atoms with van der Waals surface area (Å²) in [7, 11) is 0. The highest BCUT2D eigenvalue weighted by molar-refractivity contribution is 9.10. The average Bonchev–Trinajstić information content (AvgIpc) is 3.55. The summed E-state index contributed by atoms with van der Waals surface area (Å²) in [6, 6.07) is 5.23. The average molecular weight is 664 g/mol. The predicted octanol–water partition coefficient (Wildman–Crippen LogP) is 7.10. The molecule has 2 amide bonds. The van der Waals surface area contributed by atoms with Crippen molar-refractivity contribution in [3.05, 3.63) is 62.6 Å². The van der Waals surface area contributed by atoms with Crippen LogP contribution in [0.5, 0.6) is 0 Å². The third-order valence-corrected chi connectivity index (χ3v) is 8.19. The van der Waals surface area contributed by atoms with Gasteiger partial charge in [0, 0.05) is 17.7 Å². The van der Waals surface area contributed by atoms with Crippen molar-refractivity contribution in [2.75, 3.05) is 5.32 Å².